The van der Waals surface area contributed by atoms with E-state index in [-0.39, 0.29) is 11.9 Å². The van der Waals surface area contributed by atoms with Gasteiger partial charge in [-0.25, -0.2) is 4.98 Å². The normalized spacial score (nSPS) is 12.1. The van der Waals surface area contributed by atoms with Crippen molar-refractivity contribution in [3.63, 3.8) is 0 Å². The Morgan fingerprint density at radius 1 is 1.33 bits per heavy atom. The van der Waals surface area contributed by atoms with Crippen LogP contribution < -0.4 is 10.6 Å². The van der Waals surface area contributed by atoms with Crippen LogP contribution >= 0.6 is 0 Å². The first kappa shape index (κ1) is 15.3. The van der Waals surface area contributed by atoms with E-state index in [9.17, 15) is 4.79 Å². The van der Waals surface area contributed by atoms with Gasteiger partial charge in [0.2, 0.25) is 0 Å². The van der Waals surface area contributed by atoms with E-state index in [0.717, 1.165) is 17.7 Å². The predicted molar refractivity (Wildman–Crippen MR) is 82.1 cm³/mol. The SMILES string of the molecule is CCN[C@H](C)CNC(=O)c1ncoc1-c1ccc(C)cc1. The van der Waals surface area contributed by atoms with Gasteiger partial charge in [0.05, 0.1) is 0 Å². The Balaban J connectivity index is 2.09. The molecule has 0 aliphatic heterocycles. The molecule has 0 radical (unpaired) electrons. The number of nitrogens with zero attached hydrogens (tertiary/aromatic N) is 1. The number of hydrogen-bond donors (Lipinski definition) is 2. The molecular formula is C16H21N3O2. The fourth-order valence-corrected chi connectivity index (χ4v) is 2.07. The molecule has 1 amide bonds. The van der Waals surface area contributed by atoms with Gasteiger partial charge in [-0.1, -0.05) is 36.8 Å². The number of aromatic nitrogens is 1. The van der Waals surface area contributed by atoms with Gasteiger partial charge in [0, 0.05) is 18.2 Å². The number of benzene rings is 1. The summed E-state index contributed by atoms with van der Waals surface area (Å²) in [6.07, 6.45) is 1.30. The molecule has 5 nitrogen and oxygen atoms in total. The van der Waals surface area contributed by atoms with Crippen molar-refractivity contribution in [1.82, 2.24) is 15.6 Å². The molecule has 0 fully saturated rings. The number of carbonyl (C=O) groups is 1. The molecule has 1 heterocycles. The molecule has 0 aliphatic carbocycles. The average molecular weight is 287 g/mol. The van der Waals surface area contributed by atoms with Crippen LogP contribution in [0, 0.1) is 6.92 Å². The van der Waals surface area contributed by atoms with E-state index in [0.29, 0.717) is 18.0 Å². The van der Waals surface area contributed by atoms with Crippen molar-refractivity contribution in [2.45, 2.75) is 26.8 Å². The van der Waals surface area contributed by atoms with E-state index in [4.69, 9.17) is 4.42 Å². The summed E-state index contributed by atoms with van der Waals surface area (Å²) in [6, 6.07) is 8.02. The smallest absolute Gasteiger partial charge is 0.273 e. The second-order valence-electron chi connectivity index (χ2n) is 5.06. The van der Waals surface area contributed by atoms with Gasteiger partial charge >= 0.3 is 0 Å². The van der Waals surface area contributed by atoms with Gasteiger partial charge in [0.25, 0.3) is 5.91 Å². The topological polar surface area (TPSA) is 67.2 Å². The molecule has 1 atom stereocenters. The van der Waals surface area contributed by atoms with E-state index in [2.05, 4.69) is 15.6 Å². The molecule has 0 aliphatic rings. The molecule has 0 saturated heterocycles. The molecule has 2 N–H and O–H groups in total. The van der Waals surface area contributed by atoms with Crippen LogP contribution in [0.2, 0.25) is 0 Å². The largest absolute Gasteiger partial charge is 0.443 e. The van der Waals surface area contributed by atoms with Crippen LogP contribution in [0.15, 0.2) is 35.1 Å². The third kappa shape index (κ3) is 3.92. The van der Waals surface area contributed by atoms with Gasteiger partial charge in [-0.05, 0) is 20.4 Å². The van der Waals surface area contributed by atoms with E-state index in [1.54, 1.807) is 0 Å². The Morgan fingerprint density at radius 3 is 2.71 bits per heavy atom. The third-order valence-corrected chi connectivity index (χ3v) is 3.22. The first-order chi connectivity index (χ1) is 10.1. The van der Waals surface area contributed by atoms with Gasteiger partial charge < -0.3 is 15.1 Å². The highest BCUT2D eigenvalue weighted by molar-refractivity contribution is 5.97. The second kappa shape index (κ2) is 7.04. The van der Waals surface area contributed by atoms with Gasteiger partial charge in [-0.3, -0.25) is 4.79 Å². The average Bonchev–Trinajstić information content (AvgIpc) is 2.95. The summed E-state index contributed by atoms with van der Waals surface area (Å²) in [5.74, 6) is 0.285. The van der Waals surface area contributed by atoms with Crippen molar-refractivity contribution in [1.29, 1.82) is 0 Å². The molecule has 2 aromatic rings. The Bertz CT molecular complexity index is 590. The first-order valence-corrected chi connectivity index (χ1v) is 7.14. The van der Waals surface area contributed by atoms with Gasteiger partial charge in [0.15, 0.2) is 17.8 Å². The highest BCUT2D eigenvalue weighted by Gasteiger charge is 2.18. The lowest BCUT2D eigenvalue weighted by atomic mass is 10.1. The number of rotatable bonds is 6. The maximum Gasteiger partial charge on any atom is 0.273 e. The molecule has 1 aromatic carbocycles. The van der Waals surface area contributed by atoms with E-state index in [1.807, 2.05) is 45.0 Å². The molecule has 5 heteroatoms. The lowest BCUT2D eigenvalue weighted by Gasteiger charge is -2.12. The summed E-state index contributed by atoms with van der Waals surface area (Å²) in [5, 5.41) is 6.11. The number of nitrogens with one attached hydrogen (secondary N) is 2. The van der Waals surface area contributed by atoms with Gasteiger partial charge in [0.1, 0.15) is 0 Å². The van der Waals surface area contributed by atoms with Crippen molar-refractivity contribution in [3.8, 4) is 11.3 Å². The third-order valence-electron chi connectivity index (χ3n) is 3.22. The molecule has 21 heavy (non-hydrogen) atoms. The van der Waals surface area contributed by atoms with Gasteiger partial charge in [-0.2, -0.15) is 0 Å². The molecule has 0 bridgehead atoms. The highest BCUT2D eigenvalue weighted by Crippen LogP contribution is 2.23. The maximum atomic E-state index is 12.2. The molecule has 112 valence electrons. The number of hydrogen-bond acceptors (Lipinski definition) is 4. The van der Waals surface area contributed by atoms with Crippen LogP contribution in [-0.4, -0.2) is 30.0 Å². The van der Waals surface area contributed by atoms with Crippen molar-refractivity contribution in [3.05, 3.63) is 41.9 Å². The van der Waals surface area contributed by atoms with Crippen LogP contribution in [0.25, 0.3) is 11.3 Å². The van der Waals surface area contributed by atoms with Crippen LogP contribution in [-0.2, 0) is 0 Å². The fourth-order valence-electron chi connectivity index (χ4n) is 2.07. The molecule has 0 unspecified atom stereocenters. The Morgan fingerprint density at radius 2 is 2.05 bits per heavy atom. The summed E-state index contributed by atoms with van der Waals surface area (Å²) in [4.78, 5) is 16.3. The quantitative estimate of drug-likeness (QED) is 0.856. The van der Waals surface area contributed by atoms with Crippen LogP contribution in [0.5, 0.6) is 0 Å². The highest BCUT2D eigenvalue weighted by atomic mass is 16.3. The zero-order chi connectivity index (χ0) is 15.2. The summed E-state index contributed by atoms with van der Waals surface area (Å²) < 4.78 is 5.38. The van der Waals surface area contributed by atoms with Crippen LogP contribution in [0.1, 0.15) is 29.9 Å². The Labute approximate surface area is 124 Å². The number of oxazole rings is 1. The van der Waals surface area contributed by atoms with Crippen LogP contribution in [0.4, 0.5) is 0 Å². The minimum Gasteiger partial charge on any atom is -0.443 e. The van der Waals surface area contributed by atoms with Crippen molar-refractivity contribution < 1.29 is 9.21 Å². The Hall–Kier alpha value is -2.14. The van der Waals surface area contributed by atoms with Crippen molar-refractivity contribution in [2.75, 3.05) is 13.1 Å². The van der Waals surface area contributed by atoms with Crippen LogP contribution in [0.3, 0.4) is 0 Å². The summed E-state index contributed by atoms with van der Waals surface area (Å²) in [6.45, 7) is 7.49. The number of likely N-dealkylation sites (N-methyl/N-ethyl adjacent to an activating group) is 1. The zero-order valence-electron chi connectivity index (χ0n) is 12.6. The molecule has 1 aromatic heterocycles. The Kier molecular flexibility index (Phi) is 5.11. The van der Waals surface area contributed by atoms with E-state index < -0.39 is 0 Å². The van der Waals surface area contributed by atoms with Gasteiger partial charge in [-0.15, -0.1) is 0 Å². The number of amides is 1. The number of aryl methyl sites for hydroxylation is 1. The molecule has 0 saturated carbocycles. The summed E-state index contributed by atoms with van der Waals surface area (Å²) >= 11 is 0. The minimum atomic E-state index is -0.218. The number of carbonyl (C=O) groups excluding carboxylic acids is 1. The molecular weight excluding hydrogens is 266 g/mol. The lowest BCUT2D eigenvalue weighted by Crippen LogP contribution is -2.39. The minimum absolute atomic E-state index is 0.216. The molecule has 0 spiro atoms. The van der Waals surface area contributed by atoms with Crippen molar-refractivity contribution >= 4 is 5.91 Å². The zero-order valence-corrected chi connectivity index (χ0v) is 12.6. The van der Waals surface area contributed by atoms with E-state index >= 15 is 0 Å². The second-order valence-corrected chi connectivity index (χ2v) is 5.06. The summed E-state index contributed by atoms with van der Waals surface area (Å²) in [7, 11) is 0. The standard InChI is InChI=1S/C16H21N3O2/c1-4-17-12(3)9-18-16(20)14-15(21-10-19-14)13-7-5-11(2)6-8-13/h5-8,10,12,17H,4,9H2,1-3H3,(H,18,20)/t12-/m1/s1. The summed E-state index contributed by atoms with van der Waals surface area (Å²) in [5.41, 5.74) is 2.33. The van der Waals surface area contributed by atoms with E-state index in [1.165, 1.54) is 6.39 Å². The molecule has 2 rings (SSSR count). The van der Waals surface area contributed by atoms with Crippen molar-refractivity contribution in [2.24, 2.45) is 0 Å². The predicted octanol–water partition coefficient (Wildman–Crippen LogP) is 2.38. The fraction of sp³-hybridized carbons (Fsp3) is 0.375. The lowest BCUT2D eigenvalue weighted by molar-refractivity contribution is 0.0946. The first-order valence-electron chi connectivity index (χ1n) is 7.14. The monoisotopic (exact) mass is 287 g/mol. The maximum absolute atomic E-state index is 12.2.